The Balaban J connectivity index is 3.41. The van der Waals surface area contributed by atoms with E-state index in [1.54, 1.807) is 25.2 Å². The summed E-state index contributed by atoms with van der Waals surface area (Å²) in [5.41, 5.74) is 1.43. The largest absolute Gasteiger partial charge is 0.481 e. The van der Waals surface area contributed by atoms with E-state index in [4.69, 9.17) is 5.11 Å². The molecule has 1 unspecified atom stereocenters. The summed E-state index contributed by atoms with van der Waals surface area (Å²) in [7, 11) is 0. The van der Waals surface area contributed by atoms with E-state index in [1.807, 2.05) is 19.9 Å². The summed E-state index contributed by atoms with van der Waals surface area (Å²) in [6.07, 6.45) is 7.28. The molecule has 0 aromatic rings. The average Bonchev–Trinajstić information content (AvgIpc) is 2.37. The molecule has 0 bridgehead atoms. The van der Waals surface area contributed by atoms with E-state index < -0.39 is 22.8 Å². The molecule has 1 heterocycles. The van der Waals surface area contributed by atoms with Gasteiger partial charge < -0.3 is 5.11 Å². The van der Waals surface area contributed by atoms with Crippen molar-refractivity contribution >= 4 is 17.2 Å². The van der Waals surface area contributed by atoms with Gasteiger partial charge in [-0.15, -0.1) is 0 Å². The quantitative estimate of drug-likeness (QED) is 0.765. The van der Waals surface area contributed by atoms with Gasteiger partial charge in [-0.2, -0.15) is 0 Å². The molecule has 0 aromatic heterocycles. The Morgan fingerprint density at radius 3 is 2.57 bits per heavy atom. The van der Waals surface area contributed by atoms with Crippen LogP contribution in [0.15, 0.2) is 47.7 Å². The van der Waals surface area contributed by atoms with Crippen LogP contribution in [0.5, 0.6) is 0 Å². The molecular formula is C15H21NO4S. The van der Waals surface area contributed by atoms with Gasteiger partial charge in [-0.05, 0) is 38.3 Å². The van der Waals surface area contributed by atoms with Gasteiger partial charge in [-0.1, -0.05) is 30.9 Å². The average molecular weight is 311 g/mol. The number of aliphatic carboxylic acids is 1. The number of hydrogen-bond acceptors (Lipinski definition) is 2. The lowest BCUT2D eigenvalue weighted by molar-refractivity contribution is -0.137. The van der Waals surface area contributed by atoms with Gasteiger partial charge in [0.15, 0.2) is 0 Å². The van der Waals surface area contributed by atoms with Crippen LogP contribution in [0, 0.1) is 0 Å². The third-order valence-corrected chi connectivity index (χ3v) is 4.44. The van der Waals surface area contributed by atoms with Gasteiger partial charge in [0.2, 0.25) is 0 Å². The molecule has 0 aromatic carbocycles. The number of carboxylic acid groups (broad SMARTS) is 1. The first kappa shape index (κ1) is 17.4. The normalized spacial score (nSPS) is 23.0. The first-order valence-corrected chi connectivity index (χ1v) is 7.65. The maximum Gasteiger partial charge on any atom is 0.303 e. The molecule has 1 aliphatic rings. The fraction of sp³-hybridized carbons (Fsp3) is 0.400. The van der Waals surface area contributed by atoms with Crippen LogP contribution in [0.1, 0.15) is 33.6 Å². The van der Waals surface area contributed by atoms with Crippen molar-refractivity contribution in [2.24, 2.45) is 0 Å². The van der Waals surface area contributed by atoms with Gasteiger partial charge in [-0.3, -0.25) is 13.7 Å². The number of rotatable bonds is 5. The van der Waals surface area contributed by atoms with Crippen LogP contribution >= 0.6 is 0 Å². The molecule has 1 rings (SSSR count). The van der Waals surface area contributed by atoms with Crippen molar-refractivity contribution < 1.29 is 18.7 Å². The van der Waals surface area contributed by atoms with Crippen LogP contribution in [0.25, 0.3) is 0 Å². The van der Waals surface area contributed by atoms with Gasteiger partial charge >= 0.3 is 5.97 Å². The van der Waals surface area contributed by atoms with Crippen molar-refractivity contribution in [3.05, 3.63) is 47.7 Å². The Kier molecular flexibility index (Phi) is 5.69. The molecule has 0 saturated heterocycles. The molecule has 0 spiro atoms. The molecule has 116 valence electrons. The molecule has 5 nitrogen and oxygen atoms in total. The second kappa shape index (κ2) is 6.87. The van der Waals surface area contributed by atoms with E-state index in [0.717, 1.165) is 11.1 Å². The highest BCUT2D eigenvalue weighted by Gasteiger charge is 2.39. The molecule has 2 N–H and O–H groups in total. The summed E-state index contributed by atoms with van der Waals surface area (Å²) in [5, 5.41) is 8.86. The second-order valence-corrected chi connectivity index (χ2v) is 6.01. The number of carbonyl (C=O) groups is 1. The minimum absolute atomic E-state index is 0.0201. The molecule has 1 atom stereocenters. The summed E-state index contributed by atoms with van der Waals surface area (Å²) < 4.78 is 22.8. The lowest BCUT2D eigenvalue weighted by Crippen LogP contribution is -2.48. The van der Waals surface area contributed by atoms with Gasteiger partial charge in [0.25, 0.3) is 11.3 Å². The molecular weight excluding hydrogens is 290 g/mol. The Hall–Kier alpha value is -1.66. The van der Waals surface area contributed by atoms with Crippen molar-refractivity contribution in [3.63, 3.8) is 0 Å². The summed E-state index contributed by atoms with van der Waals surface area (Å²) in [6.45, 7) is 9.05. The molecule has 0 amide bonds. The topological polar surface area (TPSA) is 77.8 Å². The standard InChI is InChI=1S/C15H21NO4S/c1-5-7-11-10-12(8-9-14(17)18)15(3,4)16(21(19)20)13(11)6-2/h5-7,10H,1,8-9H2,2-4H3,(H,17,18)(H,19,20)/b11-7-,13-6+. The lowest BCUT2D eigenvalue weighted by atomic mass is 9.84. The number of nitrogens with zero attached hydrogens (tertiary/aromatic N) is 1. The zero-order valence-electron chi connectivity index (χ0n) is 12.5. The fourth-order valence-electron chi connectivity index (χ4n) is 2.43. The van der Waals surface area contributed by atoms with E-state index >= 15 is 0 Å². The second-order valence-electron chi connectivity index (χ2n) is 5.18. The molecule has 1 aliphatic heterocycles. The van der Waals surface area contributed by atoms with Gasteiger partial charge in [0, 0.05) is 6.42 Å². The maximum absolute atomic E-state index is 11.8. The Labute approximate surface area is 127 Å². The maximum atomic E-state index is 11.8. The minimum atomic E-state index is -2.21. The first-order valence-electron chi connectivity index (χ1n) is 6.59. The van der Waals surface area contributed by atoms with Crippen LogP contribution in [-0.2, 0) is 16.1 Å². The van der Waals surface area contributed by atoms with Crippen LogP contribution in [0.2, 0.25) is 0 Å². The zero-order chi connectivity index (χ0) is 16.2. The highest BCUT2D eigenvalue weighted by Crippen LogP contribution is 2.40. The van der Waals surface area contributed by atoms with Crippen LogP contribution < -0.4 is 0 Å². The predicted octanol–water partition coefficient (Wildman–Crippen LogP) is 3.02. The third kappa shape index (κ3) is 3.71. The van der Waals surface area contributed by atoms with Gasteiger partial charge in [-0.25, -0.2) is 4.21 Å². The van der Waals surface area contributed by atoms with E-state index in [-0.39, 0.29) is 6.42 Å². The van der Waals surface area contributed by atoms with Gasteiger partial charge in [0.1, 0.15) is 0 Å². The Bertz CT molecular complexity index is 558. The van der Waals surface area contributed by atoms with Crippen molar-refractivity contribution in [3.8, 4) is 0 Å². The molecule has 0 radical (unpaired) electrons. The SMILES string of the molecule is C=C/C=C1/C=C(CCC(=O)O)C(C)(C)N(S(=O)O)/C1=C/C. The highest BCUT2D eigenvalue weighted by molar-refractivity contribution is 7.77. The third-order valence-electron chi connectivity index (χ3n) is 3.47. The van der Waals surface area contributed by atoms with E-state index in [1.165, 1.54) is 4.31 Å². The molecule has 0 aliphatic carbocycles. The van der Waals surface area contributed by atoms with Crippen molar-refractivity contribution in [1.82, 2.24) is 4.31 Å². The molecule has 0 saturated carbocycles. The Morgan fingerprint density at radius 2 is 2.14 bits per heavy atom. The van der Waals surface area contributed by atoms with Crippen molar-refractivity contribution in [2.75, 3.05) is 0 Å². The Morgan fingerprint density at radius 1 is 1.52 bits per heavy atom. The number of allylic oxidation sites excluding steroid dienone is 4. The molecule has 6 heteroatoms. The minimum Gasteiger partial charge on any atom is -0.481 e. The van der Waals surface area contributed by atoms with Crippen LogP contribution in [0.4, 0.5) is 0 Å². The summed E-state index contributed by atoms with van der Waals surface area (Å²) in [5.74, 6) is -0.894. The number of carboxylic acids is 1. The summed E-state index contributed by atoms with van der Waals surface area (Å²) >= 11 is -2.21. The van der Waals surface area contributed by atoms with E-state index in [0.29, 0.717) is 12.1 Å². The van der Waals surface area contributed by atoms with Crippen LogP contribution in [0.3, 0.4) is 0 Å². The lowest BCUT2D eigenvalue weighted by Gasteiger charge is -2.44. The highest BCUT2D eigenvalue weighted by atomic mass is 32.2. The van der Waals surface area contributed by atoms with E-state index in [9.17, 15) is 13.6 Å². The smallest absolute Gasteiger partial charge is 0.303 e. The summed E-state index contributed by atoms with van der Waals surface area (Å²) in [6, 6.07) is 0. The van der Waals surface area contributed by atoms with Gasteiger partial charge in [0.05, 0.1) is 11.2 Å². The van der Waals surface area contributed by atoms with E-state index in [2.05, 4.69) is 6.58 Å². The first-order chi connectivity index (χ1) is 9.75. The zero-order valence-corrected chi connectivity index (χ0v) is 13.3. The molecule has 0 fully saturated rings. The monoisotopic (exact) mass is 311 g/mol. The predicted molar refractivity (Wildman–Crippen MR) is 83.7 cm³/mol. The fourth-order valence-corrected chi connectivity index (χ4v) is 3.32. The van der Waals surface area contributed by atoms with Crippen LogP contribution in [-0.4, -0.2) is 29.7 Å². The van der Waals surface area contributed by atoms with Crippen molar-refractivity contribution in [1.29, 1.82) is 0 Å². The molecule has 21 heavy (non-hydrogen) atoms. The van der Waals surface area contributed by atoms with Crippen molar-refractivity contribution in [2.45, 2.75) is 39.2 Å². The number of hydrogen-bond donors (Lipinski definition) is 2. The summed E-state index contributed by atoms with van der Waals surface area (Å²) in [4.78, 5) is 10.8.